The van der Waals surface area contributed by atoms with Gasteiger partial charge in [-0.15, -0.1) is 0 Å². The average Bonchev–Trinajstić information content (AvgIpc) is 3.95. The fourth-order valence-corrected chi connectivity index (χ4v) is 8.70. The first-order valence-corrected chi connectivity index (χ1v) is 21.6. The highest BCUT2D eigenvalue weighted by Gasteiger charge is 2.19. The molecule has 0 saturated heterocycles. The molecule has 0 atom stereocenters. The van der Waals surface area contributed by atoms with E-state index in [1.807, 2.05) is 103 Å². The summed E-state index contributed by atoms with van der Waals surface area (Å²) in [5, 5.41) is 2.18. The Morgan fingerprint density at radius 1 is 0.338 bits per heavy atom. The number of benzene rings is 9. The summed E-state index contributed by atoms with van der Waals surface area (Å²) in [7, 11) is 0. The van der Waals surface area contributed by atoms with Crippen molar-refractivity contribution in [1.29, 1.82) is 0 Å². The molecule has 0 aliphatic rings. The molecule has 0 N–H and O–H groups in total. The molecule has 0 fully saturated rings. The fourth-order valence-electron chi connectivity index (χ4n) is 8.70. The summed E-state index contributed by atoms with van der Waals surface area (Å²) in [6.07, 6.45) is 0. The van der Waals surface area contributed by atoms with Crippen molar-refractivity contribution in [3.05, 3.63) is 231 Å². The summed E-state index contributed by atoms with van der Waals surface area (Å²) in [5.41, 5.74) is 13.8. The lowest BCUT2D eigenvalue weighted by atomic mass is 10.0. The highest BCUT2D eigenvalue weighted by atomic mass is 16.3. The van der Waals surface area contributed by atoms with Crippen LogP contribution in [0.4, 0.5) is 17.1 Å². The van der Waals surface area contributed by atoms with Crippen molar-refractivity contribution in [2.45, 2.75) is 0 Å². The number of rotatable bonds is 9. The molecule has 9 aromatic carbocycles. The van der Waals surface area contributed by atoms with Crippen molar-refractivity contribution in [3.63, 3.8) is 0 Å². The average molecular weight is 835 g/mol. The highest BCUT2D eigenvalue weighted by Crippen LogP contribution is 2.40. The minimum absolute atomic E-state index is 0.594. The van der Waals surface area contributed by atoms with E-state index in [1.165, 1.54) is 0 Å². The molecule has 0 unspecified atom stereocenters. The van der Waals surface area contributed by atoms with Crippen LogP contribution < -0.4 is 4.90 Å². The third kappa shape index (κ3) is 7.07. The maximum atomic E-state index is 6.45. The number of hydrogen-bond donors (Lipinski definition) is 0. The molecule has 306 valence electrons. The molecule has 0 bridgehead atoms. The molecule has 65 heavy (non-hydrogen) atoms. The summed E-state index contributed by atoms with van der Waals surface area (Å²) in [5.74, 6) is 2.46. The number of hydrogen-bond acceptors (Lipinski definition) is 6. The zero-order chi connectivity index (χ0) is 43.1. The smallest absolute Gasteiger partial charge is 0.227 e. The number of aromatic nitrogens is 5. The van der Waals surface area contributed by atoms with Gasteiger partial charge in [0.2, 0.25) is 5.89 Å². The van der Waals surface area contributed by atoms with Gasteiger partial charge in [0.1, 0.15) is 5.52 Å². The van der Waals surface area contributed by atoms with Gasteiger partial charge in [-0.25, -0.2) is 19.9 Å². The molecule has 3 heterocycles. The Bertz CT molecular complexity index is 3510. The second-order valence-corrected chi connectivity index (χ2v) is 15.9. The minimum atomic E-state index is 0.594. The van der Waals surface area contributed by atoms with Gasteiger partial charge in [0.15, 0.2) is 23.1 Å². The second-order valence-electron chi connectivity index (χ2n) is 15.9. The topological polar surface area (TPSA) is 72.9 Å². The van der Waals surface area contributed by atoms with E-state index in [0.717, 1.165) is 89.0 Å². The second kappa shape index (κ2) is 16.1. The van der Waals surface area contributed by atoms with Gasteiger partial charge < -0.3 is 13.9 Å². The van der Waals surface area contributed by atoms with Crippen molar-refractivity contribution < 1.29 is 4.42 Å². The molecule has 0 aliphatic heterocycles. The molecule has 12 aromatic rings. The Hall–Kier alpha value is -8.94. The van der Waals surface area contributed by atoms with Crippen molar-refractivity contribution in [2.75, 3.05) is 4.90 Å². The van der Waals surface area contributed by atoms with E-state index in [2.05, 4.69) is 137 Å². The van der Waals surface area contributed by atoms with Gasteiger partial charge in [-0.1, -0.05) is 133 Å². The summed E-state index contributed by atoms with van der Waals surface area (Å²) >= 11 is 0. The van der Waals surface area contributed by atoms with Crippen molar-refractivity contribution >= 4 is 50.0 Å². The van der Waals surface area contributed by atoms with Crippen LogP contribution in [0.1, 0.15) is 0 Å². The van der Waals surface area contributed by atoms with Crippen LogP contribution in [0.2, 0.25) is 0 Å². The maximum absolute atomic E-state index is 6.45. The third-order valence-electron chi connectivity index (χ3n) is 11.9. The first-order chi connectivity index (χ1) is 32.2. The zero-order valence-corrected chi connectivity index (χ0v) is 35.0. The third-order valence-corrected chi connectivity index (χ3v) is 11.9. The van der Waals surface area contributed by atoms with Gasteiger partial charge in [-0.2, -0.15) is 0 Å². The number of anilines is 3. The van der Waals surface area contributed by atoms with Crippen molar-refractivity contribution in [2.24, 2.45) is 0 Å². The summed E-state index contributed by atoms with van der Waals surface area (Å²) in [6.45, 7) is 0. The molecular formula is C58H38N6O. The van der Waals surface area contributed by atoms with Gasteiger partial charge in [-0.05, 0) is 108 Å². The number of oxazole rings is 1. The molecule has 0 aliphatic carbocycles. The molecule has 12 rings (SSSR count). The van der Waals surface area contributed by atoms with E-state index in [-0.39, 0.29) is 0 Å². The SMILES string of the molecule is c1ccc(-c2nc(-c3ccccc3)nc(-c3ccc(-n4c5ccc(-c6ccc(N(c7ccccc7)c7ccccc7)cc6)cc5c5cc6oc(-c7ccccc7)nc6cc54)cc3)n2)cc1. The Labute approximate surface area is 375 Å². The normalized spacial score (nSPS) is 11.4. The molecule has 3 aromatic heterocycles. The molecule has 7 heteroatoms. The summed E-state index contributed by atoms with van der Waals surface area (Å²) < 4.78 is 8.77. The van der Waals surface area contributed by atoms with E-state index in [0.29, 0.717) is 23.4 Å². The van der Waals surface area contributed by atoms with Gasteiger partial charge in [-0.3, -0.25) is 0 Å². The highest BCUT2D eigenvalue weighted by molar-refractivity contribution is 6.13. The summed E-state index contributed by atoms with van der Waals surface area (Å²) in [6, 6.07) is 79.5. The van der Waals surface area contributed by atoms with Crippen LogP contribution in [-0.4, -0.2) is 24.5 Å². The first kappa shape index (κ1) is 37.8. The molecule has 7 nitrogen and oxygen atoms in total. The van der Waals surface area contributed by atoms with E-state index in [1.54, 1.807) is 0 Å². The minimum Gasteiger partial charge on any atom is -0.436 e. The zero-order valence-electron chi connectivity index (χ0n) is 35.0. The van der Waals surface area contributed by atoms with Crippen LogP contribution >= 0.6 is 0 Å². The van der Waals surface area contributed by atoms with Gasteiger partial charge in [0.05, 0.1) is 11.0 Å². The Morgan fingerprint density at radius 2 is 0.785 bits per heavy atom. The number of para-hydroxylation sites is 2. The van der Waals surface area contributed by atoms with Crippen LogP contribution in [0.15, 0.2) is 235 Å². The van der Waals surface area contributed by atoms with Crippen LogP contribution in [0, 0.1) is 0 Å². The lowest BCUT2D eigenvalue weighted by molar-refractivity contribution is 0.620. The summed E-state index contributed by atoms with van der Waals surface area (Å²) in [4.78, 5) is 22.1. The van der Waals surface area contributed by atoms with Crippen LogP contribution in [0.3, 0.4) is 0 Å². The Kier molecular flexibility index (Phi) is 9.34. The van der Waals surface area contributed by atoms with Crippen LogP contribution in [-0.2, 0) is 0 Å². The quantitative estimate of drug-likeness (QED) is 0.144. The van der Waals surface area contributed by atoms with E-state index in [9.17, 15) is 0 Å². The van der Waals surface area contributed by atoms with E-state index >= 15 is 0 Å². The monoisotopic (exact) mass is 834 g/mol. The Morgan fingerprint density at radius 3 is 1.34 bits per heavy atom. The van der Waals surface area contributed by atoms with Gasteiger partial charge in [0, 0.05) is 55.8 Å². The standard InChI is InChI=1S/C58H38N6O/c1-6-16-40(17-7-1)55-60-56(41-18-8-2-9-19-41)62-57(61-55)42-28-33-48(34-29-42)64-52-35-30-44(36-49(52)50-37-54-51(38-53(50)64)59-58(65-54)43-20-10-3-11-21-43)39-26-31-47(32-27-39)63(45-22-12-4-13-23-45)46-24-14-5-15-25-46/h1-38H. The van der Waals surface area contributed by atoms with Crippen LogP contribution in [0.5, 0.6) is 0 Å². The molecule has 0 amide bonds. The van der Waals surface area contributed by atoms with Gasteiger partial charge in [0.25, 0.3) is 0 Å². The predicted molar refractivity (Wildman–Crippen MR) is 264 cm³/mol. The fraction of sp³-hybridized carbons (Fsp3) is 0. The lowest BCUT2D eigenvalue weighted by Crippen LogP contribution is -2.09. The molecule has 0 spiro atoms. The molecular weight excluding hydrogens is 797 g/mol. The molecule has 0 radical (unpaired) electrons. The number of nitrogens with zero attached hydrogens (tertiary/aromatic N) is 6. The van der Waals surface area contributed by atoms with Crippen molar-refractivity contribution in [1.82, 2.24) is 24.5 Å². The maximum Gasteiger partial charge on any atom is 0.227 e. The largest absolute Gasteiger partial charge is 0.436 e. The van der Waals surface area contributed by atoms with Crippen molar-refractivity contribution in [3.8, 4) is 62.4 Å². The lowest BCUT2D eigenvalue weighted by Gasteiger charge is -2.25. The van der Waals surface area contributed by atoms with E-state index in [4.69, 9.17) is 24.4 Å². The molecule has 0 saturated carbocycles. The Balaban J connectivity index is 0.975. The van der Waals surface area contributed by atoms with Gasteiger partial charge >= 0.3 is 0 Å². The number of fused-ring (bicyclic) bond motifs is 4. The van der Waals surface area contributed by atoms with Crippen LogP contribution in [0.25, 0.3) is 95.3 Å². The predicted octanol–water partition coefficient (Wildman–Crippen LogP) is 14.9. The van der Waals surface area contributed by atoms with E-state index < -0.39 is 0 Å². The first-order valence-electron chi connectivity index (χ1n) is 21.6.